The minimum atomic E-state index is -0.106. The predicted molar refractivity (Wildman–Crippen MR) is 90.8 cm³/mol. The molecule has 0 aliphatic carbocycles. The summed E-state index contributed by atoms with van der Waals surface area (Å²) in [6, 6.07) is 7.98. The third-order valence-electron chi connectivity index (χ3n) is 4.50. The third-order valence-corrected chi connectivity index (χ3v) is 4.50. The lowest BCUT2D eigenvalue weighted by molar-refractivity contribution is -0.120. The van der Waals surface area contributed by atoms with Crippen LogP contribution in [0.2, 0.25) is 0 Å². The molecule has 0 unspecified atom stereocenters. The van der Waals surface area contributed by atoms with Gasteiger partial charge in [0, 0.05) is 23.2 Å². The molecule has 1 atom stereocenters. The van der Waals surface area contributed by atoms with Gasteiger partial charge >= 0.3 is 0 Å². The molecule has 130 valence electrons. The van der Waals surface area contributed by atoms with E-state index < -0.39 is 0 Å². The first-order chi connectivity index (χ1) is 12.2. The molecule has 0 saturated carbocycles. The van der Waals surface area contributed by atoms with Gasteiger partial charge in [-0.3, -0.25) is 4.79 Å². The average molecular weight is 340 g/mol. The van der Waals surface area contributed by atoms with Crippen molar-refractivity contribution in [1.82, 2.24) is 20.4 Å². The molecule has 7 nitrogen and oxygen atoms in total. The summed E-state index contributed by atoms with van der Waals surface area (Å²) in [4.78, 5) is 19.9. The molecule has 0 bridgehead atoms. The second-order valence-corrected chi connectivity index (χ2v) is 6.28. The van der Waals surface area contributed by atoms with Crippen LogP contribution in [-0.2, 0) is 22.5 Å². The van der Waals surface area contributed by atoms with Crippen molar-refractivity contribution in [3.05, 3.63) is 47.2 Å². The molecule has 1 amide bonds. The van der Waals surface area contributed by atoms with Gasteiger partial charge in [0.15, 0.2) is 5.82 Å². The van der Waals surface area contributed by atoms with Gasteiger partial charge in [0.2, 0.25) is 5.91 Å². The van der Waals surface area contributed by atoms with E-state index in [0.717, 1.165) is 41.6 Å². The molecule has 7 heteroatoms. The zero-order chi connectivity index (χ0) is 17.2. The molecule has 0 spiro atoms. The van der Waals surface area contributed by atoms with Gasteiger partial charge in [-0.05, 0) is 31.4 Å². The summed E-state index contributed by atoms with van der Waals surface area (Å²) in [5, 5.41) is 7.84. The van der Waals surface area contributed by atoms with Crippen molar-refractivity contribution in [3.8, 4) is 0 Å². The van der Waals surface area contributed by atoms with Crippen molar-refractivity contribution in [1.29, 1.82) is 0 Å². The Balaban J connectivity index is 1.38. The van der Waals surface area contributed by atoms with Crippen LogP contribution in [0.5, 0.6) is 0 Å². The van der Waals surface area contributed by atoms with E-state index in [4.69, 9.17) is 9.26 Å². The Bertz CT molecular complexity index is 893. The SMILES string of the molecule is Cc1[nH]c2ccccc2c1CC(=O)NCc1noc([C@@H]2CCCO2)n1. The van der Waals surface area contributed by atoms with E-state index in [-0.39, 0.29) is 18.6 Å². The number of carbonyl (C=O) groups is 1. The van der Waals surface area contributed by atoms with Crippen molar-refractivity contribution >= 4 is 16.8 Å². The Kier molecular flexibility index (Phi) is 4.23. The van der Waals surface area contributed by atoms with Gasteiger partial charge in [0.05, 0.1) is 13.0 Å². The molecule has 1 aliphatic heterocycles. The van der Waals surface area contributed by atoms with E-state index in [1.165, 1.54) is 0 Å². The van der Waals surface area contributed by atoms with Crippen LogP contribution in [0.1, 0.15) is 41.9 Å². The van der Waals surface area contributed by atoms with Crippen LogP contribution >= 0.6 is 0 Å². The van der Waals surface area contributed by atoms with Gasteiger partial charge in [-0.1, -0.05) is 23.4 Å². The van der Waals surface area contributed by atoms with Crippen molar-refractivity contribution in [3.63, 3.8) is 0 Å². The summed E-state index contributed by atoms with van der Waals surface area (Å²) in [6.07, 6.45) is 2.11. The molecular formula is C18H20N4O3. The molecule has 2 aromatic heterocycles. The summed E-state index contributed by atoms with van der Waals surface area (Å²) in [5.41, 5.74) is 3.07. The minimum absolute atomic E-state index is 0.0729. The Labute approximate surface area is 144 Å². The molecule has 0 radical (unpaired) electrons. The third kappa shape index (κ3) is 3.28. The number of rotatable bonds is 5. The minimum Gasteiger partial charge on any atom is -0.368 e. The maximum atomic E-state index is 12.3. The molecule has 2 N–H and O–H groups in total. The summed E-state index contributed by atoms with van der Waals surface area (Å²) in [6.45, 7) is 2.95. The van der Waals surface area contributed by atoms with Gasteiger partial charge in [0.25, 0.3) is 5.89 Å². The number of nitrogens with zero attached hydrogens (tertiary/aromatic N) is 2. The lowest BCUT2D eigenvalue weighted by atomic mass is 10.1. The second-order valence-electron chi connectivity index (χ2n) is 6.28. The van der Waals surface area contributed by atoms with Crippen LogP contribution in [0.4, 0.5) is 0 Å². The van der Waals surface area contributed by atoms with E-state index in [9.17, 15) is 4.79 Å². The molecule has 1 saturated heterocycles. The number of carbonyl (C=O) groups excluding carboxylic acids is 1. The number of H-pyrrole nitrogens is 1. The van der Waals surface area contributed by atoms with Gasteiger partial charge in [-0.25, -0.2) is 0 Å². The molecule has 1 fully saturated rings. The average Bonchev–Trinajstić information content (AvgIpc) is 3.33. The highest BCUT2D eigenvalue weighted by Gasteiger charge is 2.24. The zero-order valence-corrected chi connectivity index (χ0v) is 14.0. The number of aryl methyl sites for hydroxylation is 1. The summed E-state index contributed by atoms with van der Waals surface area (Å²) in [7, 11) is 0. The first-order valence-corrected chi connectivity index (χ1v) is 8.47. The first kappa shape index (κ1) is 15.8. The molecular weight excluding hydrogens is 320 g/mol. The lowest BCUT2D eigenvalue weighted by Gasteiger charge is -2.03. The maximum Gasteiger partial charge on any atom is 0.255 e. The number of aromatic nitrogens is 3. The Hall–Kier alpha value is -2.67. The number of hydrogen-bond donors (Lipinski definition) is 2. The molecule has 3 aromatic rings. The van der Waals surface area contributed by atoms with Crippen LogP contribution in [0.3, 0.4) is 0 Å². The molecule has 25 heavy (non-hydrogen) atoms. The van der Waals surface area contributed by atoms with E-state index >= 15 is 0 Å². The summed E-state index contributed by atoms with van der Waals surface area (Å²) >= 11 is 0. The van der Waals surface area contributed by atoms with Crippen LogP contribution in [-0.4, -0.2) is 27.6 Å². The van der Waals surface area contributed by atoms with Crippen LogP contribution in [0.15, 0.2) is 28.8 Å². The van der Waals surface area contributed by atoms with Crippen LogP contribution in [0, 0.1) is 6.92 Å². The number of aromatic amines is 1. The van der Waals surface area contributed by atoms with E-state index in [0.29, 0.717) is 18.1 Å². The molecule has 4 rings (SSSR count). The van der Waals surface area contributed by atoms with Crippen molar-refractivity contribution in [2.75, 3.05) is 6.61 Å². The van der Waals surface area contributed by atoms with Gasteiger partial charge < -0.3 is 19.6 Å². The van der Waals surface area contributed by atoms with Gasteiger partial charge in [-0.2, -0.15) is 4.98 Å². The fourth-order valence-electron chi connectivity index (χ4n) is 3.21. The molecule has 1 aromatic carbocycles. The fourth-order valence-corrected chi connectivity index (χ4v) is 3.21. The van der Waals surface area contributed by atoms with E-state index in [1.54, 1.807) is 0 Å². The number of hydrogen-bond acceptors (Lipinski definition) is 5. The van der Waals surface area contributed by atoms with Crippen molar-refractivity contribution in [2.45, 2.75) is 38.8 Å². The fraction of sp³-hybridized carbons (Fsp3) is 0.389. The zero-order valence-electron chi connectivity index (χ0n) is 14.0. The smallest absolute Gasteiger partial charge is 0.255 e. The van der Waals surface area contributed by atoms with Gasteiger partial charge in [-0.15, -0.1) is 0 Å². The predicted octanol–water partition coefficient (Wildman–Crippen LogP) is 2.57. The van der Waals surface area contributed by atoms with Crippen LogP contribution in [0.25, 0.3) is 10.9 Å². The number of ether oxygens (including phenoxy) is 1. The van der Waals surface area contributed by atoms with Crippen molar-refractivity contribution in [2.24, 2.45) is 0 Å². The Morgan fingerprint density at radius 2 is 2.28 bits per heavy atom. The second kappa shape index (κ2) is 6.68. The Morgan fingerprint density at radius 1 is 1.40 bits per heavy atom. The number of para-hydroxylation sites is 1. The normalized spacial score (nSPS) is 17.2. The van der Waals surface area contributed by atoms with Gasteiger partial charge in [0.1, 0.15) is 6.10 Å². The largest absolute Gasteiger partial charge is 0.368 e. The standard InChI is InChI=1S/C18H20N4O3/c1-11-13(12-5-2-3-6-14(12)20-11)9-17(23)19-10-16-21-18(25-22-16)15-7-4-8-24-15/h2-3,5-6,15,20H,4,7-10H2,1H3,(H,19,23)/t15-/m0/s1. The van der Waals surface area contributed by atoms with E-state index in [2.05, 4.69) is 20.4 Å². The topological polar surface area (TPSA) is 93.0 Å². The highest BCUT2D eigenvalue weighted by Crippen LogP contribution is 2.27. The van der Waals surface area contributed by atoms with E-state index in [1.807, 2.05) is 31.2 Å². The Morgan fingerprint density at radius 3 is 3.12 bits per heavy atom. The van der Waals surface area contributed by atoms with Crippen molar-refractivity contribution < 1.29 is 14.1 Å². The number of amides is 1. The first-order valence-electron chi connectivity index (χ1n) is 8.47. The monoisotopic (exact) mass is 340 g/mol. The quantitative estimate of drug-likeness (QED) is 0.744. The molecule has 1 aliphatic rings. The number of nitrogens with one attached hydrogen (secondary N) is 2. The highest BCUT2D eigenvalue weighted by molar-refractivity contribution is 5.90. The highest BCUT2D eigenvalue weighted by atomic mass is 16.5. The van der Waals surface area contributed by atoms with Crippen LogP contribution < -0.4 is 5.32 Å². The lowest BCUT2D eigenvalue weighted by Crippen LogP contribution is -2.25. The molecule has 3 heterocycles. The summed E-state index contributed by atoms with van der Waals surface area (Å²) < 4.78 is 10.7. The maximum absolute atomic E-state index is 12.3. The summed E-state index contributed by atoms with van der Waals surface area (Å²) in [5.74, 6) is 0.889. The number of benzene rings is 1. The number of fused-ring (bicyclic) bond motifs is 1.